The van der Waals surface area contributed by atoms with E-state index in [1.165, 1.54) is 4.68 Å². The largest absolute Gasteiger partial charge is 0.382 e. The van der Waals surface area contributed by atoms with Crippen LogP contribution in [0.15, 0.2) is 23.1 Å². The van der Waals surface area contributed by atoms with Crippen molar-refractivity contribution in [3.05, 3.63) is 40.1 Å². The zero-order valence-electron chi connectivity index (χ0n) is 12.1. The molecule has 0 atom stereocenters. The monoisotopic (exact) mass is 276 g/mol. The molecule has 0 spiro atoms. The van der Waals surface area contributed by atoms with Gasteiger partial charge >= 0.3 is 0 Å². The molecule has 20 heavy (non-hydrogen) atoms. The molecule has 0 aromatic carbocycles. The molecule has 0 amide bonds. The topological polar surface area (TPSA) is 76.8 Å². The highest BCUT2D eigenvalue weighted by atomic mass is 16.1. The minimum absolute atomic E-state index is 0.127. The lowest BCUT2D eigenvalue weighted by Crippen LogP contribution is -2.25. The van der Waals surface area contributed by atoms with E-state index >= 15 is 0 Å². The number of anilines is 1. The van der Waals surface area contributed by atoms with Gasteiger partial charge < -0.3 is 10.6 Å². The second-order valence-electron chi connectivity index (χ2n) is 4.67. The van der Waals surface area contributed by atoms with Crippen LogP contribution in [0, 0.1) is 6.92 Å². The van der Waals surface area contributed by atoms with Crippen LogP contribution in [0.5, 0.6) is 0 Å². The number of nitrogens with zero attached hydrogens (tertiary/aromatic N) is 4. The fraction of sp³-hybridized carbons (Fsp3) is 0.462. The van der Waals surface area contributed by atoms with Gasteiger partial charge in [0.05, 0.1) is 29.8 Å². The minimum atomic E-state index is -0.127. The summed E-state index contributed by atoms with van der Waals surface area (Å²) in [4.78, 5) is 12.0. The summed E-state index contributed by atoms with van der Waals surface area (Å²) in [5, 5.41) is 14.6. The predicted octanol–water partition coefficient (Wildman–Crippen LogP) is -0.0352. The van der Waals surface area contributed by atoms with Crippen LogP contribution in [0.2, 0.25) is 0 Å². The van der Waals surface area contributed by atoms with Crippen molar-refractivity contribution in [3.8, 4) is 0 Å². The molecule has 0 saturated heterocycles. The highest BCUT2D eigenvalue weighted by Crippen LogP contribution is 2.04. The Morgan fingerprint density at radius 3 is 2.70 bits per heavy atom. The number of hydrogen-bond donors (Lipinski definition) is 2. The highest BCUT2D eigenvalue weighted by Gasteiger charge is 2.06. The molecular formula is C13H20N6O. The lowest BCUT2D eigenvalue weighted by molar-refractivity contribution is 0.591. The third-order valence-corrected chi connectivity index (χ3v) is 2.98. The standard InChI is InChI=1S/C13H20N6O/c1-10-6-12(18(3)17-10)9-19-13(20)7-11(8-16-19)15-5-4-14-2/h6-8,14-15H,4-5,9H2,1-3H3. The van der Waals surface area contributed by atoms with Gasteiger partial charge in [0.15, 0.2) is 0 Å². The molecule has 0 radical (unpaired) electrons. The number of hydrogen-bond acceptors (Lipinski definition) is 5. The Morgan fingerprint density at radius 2 is 2.10 bits per heavy atom. The maximum absolute atomic E-state index is 12.0. The SMILES string of the molecule is CNCCNc1cnn(Cc2cc(C)nn2C)c(=O)c1. The van der Waals surface area contributed by atoms with E-state index in [2.05, 4.69) is 20.8 Å². The summed E-state index contributed by atoms with van der Waals surface area (Å²) in [5.41, 5.74) is 2.50. The highest BCUT2D eigenvalue weighted by molar-refractivity contribution is 5.38. The Kier molecular flexibility index (Phi) is 4.52. The molecule has 7 heteroatoms. The van der Waals surface area contributed by atoms with Crippen LogP contribution in [0.3, 0.4) is 0 Å². The van der Waals surface area contributed by atoms with Crippen molar-refractivity contribution in [2.75, 3.05) is 25.5 Å². The summed E-state index contributed by atoms with van der Waals surface area (Å²) in [5.74, 6) is 0. The van der Waals surface area contributed by atoms with Crippen molar-refractivity contribution in [1.82, 2.24) is 24.9 Å². The third kappa shape index (κ3) is 3.45. The van der Waals surface area contributed by atoms with Gasteiger partial charge in [-0.1, -0.05) is 0 Å². The van der Waals surface area contributed by atoms with E-state index in [4.69, 9.17) is 0 Å². The Morgan fingerprint density at radius 1 is 1.30 bits per heavy atom. The smallest absolute Gasteiger partial charge is 0.269 e. The first-order valence-corrected chi connectivity index (χ1v) is 6.55. The lowest BCUT2D eigenvalue weighted by Gasteiger charge is -2.08. The van der Waals surface area contributed by atoms with E-state index in [0.717, 1.165) is 30.2 Å². The maximum Gasteiger partial charge on any atom is 0.269 e. The van der Waals surface area contributed by atoms with E-state index in [0.29, 0.717) is 6.54 Å². The average Bonchev–Trinajstić information content (AvgIpc) is 2.71. The number of aryl methyl sites for hydroxylation is 2. The Bertz CT molecular complexity index is 630. The van der Waals surface area contributed by atoms with Crippen molar-refractivity contribution >= 4 is 5.69 Å². The summed E-state index contributed by atoms with van der Waals surface area (Å²) in [7, 11) is 3.74. The lowest BCUT2D eigenvalue weighted by atomic mass is 10.3. The van der Waals surface area contributed by atoms with Gasteiger partial charge in [-0.3, -0.25) is 9.48 Å². The molecule has 0 saturated carbocycles. The Hall–Kier alpha value is -2.15. The molecule has 0 aliphatic rings. The Labute approximate surface area is 117 Å². The van der Waals surface area contributed by atoms with E-state index in [9.17, 15) is 4.79 Å². The van der Waals surface area contributed by atoms with E-state index in [1.54, 1.807) is 16.9 Å². The maximum atomic E-state index is 12.0. The van der Waals surface area contributed by atoms with Gasteiger partial charge in [0.1, 0.15) is 0 Å². The first-order chi connectivity index (χ1) is 9.60. The number of aromatic nitrogens is 4. The molecule has 2 aromatic rings. The normalized spacial score (nSPS) is 10.8. The van der Waals surface area contributed by atoms with Crippen LogP contribution in [0.25, 0.3) is 0 Å². The summed E-state index contributed by atoms with van der Waals surface area (Å²) >= 11 is 0. The van der Waals surface area contributed by atoms with Crippen molar-refractivity contribution in [3.63, 3.8) is 0 Å². The summed E-state index contributed by atoms with van der Waals surface area (Å²) < 4.78 is 3.20. The molecule has 0 fully saturated rings. The quantitative estimate of drug-likeness (QED) is 0.724. The van der Waals surface area contributed by atoms with Gasteiger partial charge in [-0.05, 0) is 20.0 Å². The summed E-state index contributed by atoms with van der Waals surface area (Å²) in [6.45, 7) is 3.93. The number of rotatable bonds is 6. The molecule has 2 rings (SSSR count). The van der Waals surface area contributed by atoms with Crippen LogP contribution in [-0.4, -0.2) is 39.7 Å². The minimum Gasteiger partial charge on any atom is -0.382 e. The molecule has 0 unspecified atom stereocenters. The van der Waals surface area contributed by atoms with Gasteiger partial charge in [0.25, 0.3) is 5.56 Å². The molecule has 108 valence electrons. The van der Waals surface area contributed by atoms with E-state index < -0.39 is 0 Å². The van der Waals surface area contributed by atoms with Gasteiger partial charge in [0.2, 0.25) is 0 Å². The molecule has 0 aliphatic heterocycles. The van der Waals surface area contributed by atoms with Crippen LogP contribution >= 0.6 is 0 Å². The Balaban J connectivity index is 2.10. The van der Waals surface area contributed by atoms with Gasteiger partial charge in [-0.25, -0.2) is 4.68 Å². The fourth-order valence-corrected chi connectivity index (χ4v) is 1.95. The van der Waals surface area contributed by atoms with Crippen molar-refractivity contribution < 1.29 is 0 Å². The molecule has 2 aromatic heterocycles. The predicted molar refractivity (Wildman–Crippen MR) is 78.0 cm³/mol. The van der Waals surface area contributed by atoms with Crippen molar-refractivity contribution in [1.29, 1.82) is 0 Å². The van der Waals surface area contributed by atoms with Gasteiger partial charge in [-0.2, -0.15) is 10.2 Å². The zero-order chi connectivity index (χ0) is 14.5. The second-order valence-corrected chi connectivity index (χ2v) is 4.67. The molecule has 0 bridgehead atoms. The van der Waals surface area contributed by atoms with Gasteiger partial charge in [-0.15, -0.1) is 0 Å². The average molecular weight is 276 g/mol. The first-order valence-electron chi connectivity index (χ1n) is 6.55. The second kappa shape index (κ2) is 6.33. The molecular weight excluding hydrogens is 256 g/mol. The fourth-order valence-electron chi connectivity index (χ4n) is 1.95. The van der Waals surface area contributed by atoms with Crippen LogP contribution < -0.4 is 16.2 Å². The third-order valence-electron chi connectivity index (χ3n) is 2.98. The van der Waals surface area contributed by atoms with Crippen LogP contribution in [0.1, 0.15) is 11.4 Å². The molecule has 2 N–H and O–H groups in total. The van der Waals surface area contributed by atoms with Crippen molar-refractivity contribution in [2.45, 2.75) is 13.5 Å². The molecule has 7 nitrogen and oxygen atoms in total. The van der Waals surface area contributed by atoms with E-state index in [1.807, 2.05) is 27.1 Å². The van der Waals surface area contributed by atoms with Crippen LogP contribution in [-0.2, 0) is 13.6 Å². The summed E-state index contributed by atoms with van der Waals surface area (Å²) in [6, 6.07) is 3.51. The molecule has 0 aliphatic carbocycles. The number of likely N-dealkylation sites (N-methyl/N-ethyl adjacent to an activating group) is 1. The van der Waals surface area contributed by atoms with Crippen molar-refractivity contribution in [2.24, 2.45) is 7.05 Å². The zero-order valence-corrected chi connectivity index (χ0v) is 12.1. The first kappa shape index (κ1) is 14.3. The van der Waals surface area contributed by atoms with Gasteiger partial charge in [0, 0.05) is 26.2 Å². The number of nitrogens with one attached hydrogen (secondary N) is 2. The van der Waals surface area contributed by atoms with Crippen LogP contribution in [0.4, 0.5) is 5.69 Å². The van der Waals surface area contributed by atoms with E-state index in [-0.39, 0.29) is 5.56 Å². The summed E-state index contributed by atoms with van der Waals surface area (Å²) in [6.07, 6.45) is 1.67. The molecule has 2 heterocycles.